The first-order valence-electron chi connectivity index (χ1n) is 14.5. The van der Waals surface area contributed by atoms with Gasteiger partial charge in [-0.2, -0.15) is 5.26 Å². The molecule has 3 aliphatic rings. The minimum atomic E-state index is -0.613. The van der Waals surface area contributed by atoms with Crippen LogP contribution in [-0.4, -0.2) is 87.3 Å². The van der Waals surface area contributed by atoms with Crippen molar-refractivity contribution in [3.63, 3.8) is 0 Å². The van der Waals surface area contributed by atoms with E-state index >= 15 is 4.39 Å². The van der Waals surface area contributed by atoms with Gasteiger partial charge in [0.25, 0.3) is 0 Å². The predicted molar refractivity (Wildman–Crippen MR) is 161 cm³/mol. The Labute approximate surface area is 251 Å². The number of rotatable bonds is 5. The van der Waals surface area contributed by atoms with Crippen LogP contribution in [0.3, 0.4) is 0 Å². The number of aliphatic hydroxyl groups is 1. The number of pyridine rings is 1. The fraction of sp³-hybridized carbons (Fsp3) is 0.467. The molecule has 43 heavy (non-hydrogen) atoms. The van der Waals surface area contributed by atoms with Crippen LogP contribution in [0.2, 0.25) is 0 Å². The third-order valence-electron chi connectivity index (χ3n) is 9.10. The summed E-state index contributed by atoms with van der Waals surface area (Å²) in [5, 5.41) is 20.5. The van der Waals surface area contributed by atoms with E-state index in [-0.39, 0.29) is 62.8 Å². The van der Waals surface area contributed by atoms with Crippen molar-refractivity contribution in [1.29, 1.82) is 5.26 Å². The highest BCUT2D eigenvalue weighted by atomic mass is 32.1. The van der Waals surface area contributed by atoms with E-state index in [4.69, 9.17) is 20.4 Å². The Morgan fingerprint density at radius 2 is 1.93 bits per heavy atom. The van der Waals surface area contributed by atoms with Crippen LogP contribution in [0.5, 0.6) is 0 Å². The Balaban J connectivity index is 1.27. The second-order valence-corrected chi connectivity index (χ2v) is 12.7. The largest absolute Gasteiger partial charge is 0.392 e. The van der Waals surface area contributed by atoms with Gasteiger partial charge in [-0.15, -0.1) is 11.3 Å². The van der Waals surface area contributed by atoms with E-state index < -0.39 is 11.6 Å². The number of β-amino-alcohol motifs (C(OH)–C–C–N with tert-alkyl or cyclic N) is 1. The number of anilines is 2. The van der Waals surface area contributed by atoms with E-state index in [1.807, 2.05) is 13.0 Å². The summed E-state index contributed by atoms with van der Waals surface area (Å²) in [6, 6.07) is 2.48. The standard InChI is InChI=1S/C30H32F2N8O2S/c1-15(41)12-38-5-7-39(8-6-38)22-3-4-40(16(22)2)30-36-10-18-19-13-42-14-20(19)23(25(32)26(18)37-30)27-24-17(9-33)29(34)43-28(24)21(31)11-35-27/h10-11,15-16,22,41H,3-8,12-14,34H2,1-2H3/t15-,16-,22-/m0/s1. The molecule has 0 radical (unpaired) electrons. The molecular formula is C30H32F2N8O2S. The number of aromatic nitrogens is 3. The predicted octanol–water partition coefficient (Wildman–Crippen LogP) is 3.63. The first-order valence-corrected chi connectivity index (χ1v) is 15.3. The summed E-state index contributed by atoms with van der Waals surface area (Å²) in [7, 11) is 0. The highest BCUT2D eigenvalue weighted by Gasteiger charge is 2.38. The lowest BCUT2D eigenvalue weighted by molar-refractivity contribution is 0.0610. The zero-order valence-corrected chi connectivity index (χ0v) is 24.8. The van der Waals surface area contributed by atoms with E-state index in [1.165, 1.54) is 0 Å². The Hall–Kier alpha value is -3.54. The number of nitriles is 1. The first-order chi connectivity index (χ1) is 20.8. The van der Waals surface area contributed by atoms with Crippen molar-refractivity contribution in [2.75, 3.05) is 49.9 Å². The van der Waals surface area contributed by atoms with Gasteiger partial charge in [-0.1, -0.05) is 0 Å². The van der Waals surface area contributed by atoms with Crippen molar-refractivity contribution in [2.45, 2.75) is 51.7 Å². The molecule has 2 saturated heterocycles. The molecular weight excluding hydrogens is 574 g/mol. The first kappa shape index (κ1) is 28.2. The lowest BCUT2D eigenvalue weighted by Gasteiger charge is -2.40. The summed E-state index contributed by atoms with van der Waals surface area (Å²) < 4.78 is 37.4. The summed E-state index contributed by atoms with van der Waals surface area (Å²) in [6.07, 6.45) is 3.32. The molecule has 0 bridgehead atoms. The summed E-state index contributed by atoms with van der Waals surface area (Å²) >= 11 is 0.952. The molecule has 224 valence electrons. The van der Waals surface area contributed by atoms with E-state index in [1.54, 1.807) is 6.20 Å². The Kier molecular flexibility index (Phi) is 7.14. The van der Waals surface area contributed by atoms with Crippen LogP contribution in [0.4, 0.5) is 19.7 Å². The topological polar surface area (TPSA) is 128 Å². The molecule has 13 heteroatoms. The smallest absolute Gasteiger partial charge is 0.226 e. The number of nitrogens with zero attached hydrogens (tertiary/aromatic N) is 7. The number of piperazine rings is 1. The second-order valence-electron chi connectivity index (χ2n) is 11.7. The minimum Gasteiger partial charge on any atom is -0.392 e. The molecule has 4 aromatic rings. The Morgan fingerprint density at radius 1 is 1.16 bits per heavy atom. The van der Waals surface area contributed by atoms with Gasteiger partial charge in [-0.25, -0.2) is 18.7 Å². The van der Waals surface area contributed by atoms with Crippen LogP contribution in [0.25, 0.3) is 32.2 Å². The fourth-order valence-electron chi connectivity index (χ4n) is 7.02. The zero-order valence-electron chi connectivity index (χ0n) is 24.0. The number of hydrogen-bond donors (Lipinski definition) is 2. The number of nitrogens with two attached hydrogens (primary N) is 1. The summed E-state index contributed by atoms with van der Waals surface area (Å²) in [4.78, 5) is 20.7. The Morgan fingerprint density at radius 3 is 2.67 bits per heavy atom. The normalized spacial score (nSPS) is 22.0. The number of thiophene rings is 1. The fourth-order valence-corrected chi connectivity index (χ4v) is 7.94. The molecule has 0 aliphatic carbocycles. The summed E-state index contributed by atoms with van der Waals surface area (Å²) in [5.74, 6) is -0.763. The quantitative estimate of drug-likeness (QED) is 0.348. The summed E-state index contributed by atoms with van der Waals surface area (Å²) in [6.45, 7) is 9.49. The second kappa shape index (κ2) is 10.9. The Bertz CT molecular complexity index is 1780. The zero-order chi connectivity index (χ0) is 30.0. The van der Waals surface area contributed by atoms with Gasteiger partial charge in [0.2, 0.25) is 5.95 Å². The van der Waals surface area contributed by atoms with Gasteiger partial charge in [-0.3, -0.25) is 14.8 Å². The van der Waals surface area contributed by atoms with Crippen molar-refractivity contribution in [3.8, 4) is 17.3 Å². The van der Waals surface area contributed by atoms with Gasteiger partial charge in [0.05, 0.1) is 41.5 Å². The molecule has 0 unspecified atom stereocenters. The van der Waals surface area contributed by atoms with Crippen molar-refractivity contribution in [3.05, 3.63) is 40.7 Å². The molecule has 10 nitrogen and oxygen atoms in total. The number of hydrogen-bond acceptors (Lipinski definition) is 11. The number of ether oxygens (including phenoxy) is 1. The maximum Gasteiger partial charge on any atom is 0.226 e. The van der Waals surface area contributed by atoms with Crippen LogP contribution < -0.4 is 10.6 Å². The SMILES string of the molecule is C[C@H](O)CN1CCN([C@H]2CCN(c3ncc4c5c(c(-c6ncc(F)c7sc(N)c(C#N)c67)c(F)c4n3)COC5)[C@H]2C)CC1. The van der Waals surface area contributed by atoms with Crippen LogP contribution in [0, 0.1) is 23.0 Å². The average Bonchev–Trinajstić information content (AvgIpc) is 3.71. The molecule has 1 aromatic carbocycles. The van der Waals surface area contributed by atoms with Crippen molar-refractivity contribution in [1.82, 2.24) is 24.8 Å². The third kappa shape index (κ3) is 4.60. The van der Waals surface area contributed by atoms with Gasteiger partial charge in [0, 0.05) is 73.9 Å². The highest BCUT2D eigenvalue weighted by molar-refractivity contribution is 7.23. The van der Waals surface area contributed by atoms with Crippen LogP contribution in [0.15, 0.2) is 12.4 Å². The molecule has 3 aromatic heterocycles. The molecule has 3 aliphatic heterocycles. The van der Waals surface area contributed by atoms with Gasteiger partial charge >= 0.3 is 0 Å². The third-order valence-corrected chi connectivity index (χ3v) is 10.1. The molecule has 0 saturated carbocycles. The van der Waals surface area contributed by atoms with Crippen LogP contribution >= 0.6 is 11.3 Å². The maximum absolute atomic E-state index is 16.7. The molecule has 3 atom stereocenters. The molecule has 7 rings (SSSR count). The number of benzene rings is 1. The van der Waals surface area contributed by atoms with Gasteiger partial charge in [0.15, 0.2) is 11.6 Å². The van der Waals surface area contributed by atoms with Gasteiger partial charge < -0.3 is 20.5 Å². The monoisotopic (exact) mass is 606 g/mol. The number of aliphatic hydroxyl groups excluding tert-OH is 1. The van der Waals surface area contributed by atoms with E-state index in [0.29, 0.717) is 29.5 Å². The van der Waals surface area contributed by atoms with Crippen molar-refractivity contribution in [2.24, 2.45) is 0 Å². The number of nitrogen functional groups attached to an aromatic ring is 1. The minimum absolute atomic E-state index is 0.0844. The van der Waals surface area contributed by atoms with Gasteiger partial charge in [-0.05, 0) is 31.4 Å². The molecule has 6 heterocycles. The van der Waals surface area contributed by atoms with E-state index in [2.05, 4.69) is 26.6 Å². The van der Waals surface area contributed by atoms with Crippen molar-refractivity contribution < 1.29 is 18.6 Å². The van der Waals surface area contributed by atoms with E-state index in [0.717, 1.165) is 62.2 Å². The average molecular weight is 607 g/mol. The van der Waals surface area contributed by atoms with Gasteiger partial charge in [0.1, 0.15) is 16.6 Å². The van der Waals surface area contributed by atoms with E-state index in [9.17, 15) is 14.8 Å². The highest BCUT2D eigenvalue weighted by Crippen LogP contribution is 2.45. The number of fused-ring (bicyclic) bond motifs is 4. The molecule has 2 fully saturated rings. The molecule has 3 N–H and O–H groups in total. The summed E-state index contributed by atoms with van der Waals surface area (Å²) in [5.41, 5.74) is 7.97. The van der Waals surface area contributed by atoms with Crippen LogP contribution in [0.1, 0.15) is 37.0 Å². The lowest BCUT2D eigenvalue weighted by atomic mass is 9.94. The molecule has 0 spiro atoms. The van der Waals surface area contributed by atoms with Crippen LogP contribution in [-0.2, 0) is 18.0 Å². The van der Waals surface area contributed by atoms with Crippen molar-refractivity contribution >= 4 is 43.3 Å². The molecule has 0 amide bonds. The number of halogens is 2. The lowest BCUT2D eigenvalue weighted by Crippen LogP contribution is -2.54. The maximum atomic E-state index is 16.7.